The van der Waals surface area contributed by atoms with Crippen molar-refractivity contribution < 1.29 is 22.5 Å². The van der Waals surface area contributed by atoms with Crippen LogP contribution in [0.5, 0.6) is 0 Å². The molecular weight excluding hydrogens is 407 g/mol. The van der Waals surface area contributed by atoms with Gasteiger partial charge in [-0.15, -0.1) is 0 Å². The predicted molar refractivity (Wildman–Crippen MR) is 101 cm³/mol. The lowest BCUT2D eigenvalue weighted by molar-refractivity contribution is -0.137. The van der Waals surface area contributed by atoms with Crippen molar-refractivity contribution in [1.82, 2.24) is 15.1 Å². The molecule has 0 saturated carbocycles. The van der Waals surface area contributed by atoms with E-state index in [1.165, 1.54) is 18.3 Å². The summed E-state index contributed by atoms with van der Waals surface area (Å²) in [4.78, 5) is 19.7. The molecule has 4 aromatic rings. The van der Waals surface area contributed by atoms with Crippen LogP contribution in [0, 0.1) is 6.92 Å². The van der Waals surface area contributed by atoms with Gasteiger partial charge in [-0.3, -0.25) is 4.79 Å². The van der Waals surface area contributed by atoms with E-state index in [0.29, 0.717) is 22.4 Å². The molecule has 2 heterocycles. The Hall–Kier alpha value is -3.13. The lowest BCUT2D eigenvalue weighted by atomic mass is 10.0. The summed E-state index contributed by atoms with van der Waals surface area (Å²) in [6, 6.07) is 8.81. The van der Waals surface area contributed by atoms with Gasteiger partial charge in [0.25, 0.3) is 0 Å². The number of hydrogen-bond donors (Lipinski definition) is 1. The van der Waals surface area contributed by atoms with Crippen LogP contribution in [0.3, 0.4) is 0 Å². The highest BCUT2D eigenvalue weighted by Crippen LogP contribution is 2.37. The normalized spacial score (nSPS) is 11.9. The van der Waals surface area contributed by atoms with Gasteiger partial charge in [-0.2, -0.15) is 13.2 Å². The second kappa shape index (κ2) is 7.04. The van der Waals surface area contributed by atoms with Gasteiger partial charge in [-0.25, -0.2) is 4.98 Å². The summed E-state index contributed by atoms with van der Waals surface area (Å²) in [5.41, 5.74) is 1.65. The molecule has 0 fully saturated rings. The van der Waals surface area contributed by atoms with Gasteiger partial charge in [-0.05, 0) is 42.8 Å². The van der Waals surface area contributed by atoms with Crippen molar-refractivity contribution in [2.45, 2.75) is 19.5 Å². The average Bonchev–Trinajstić information content (AvgIpc) is 3.26. The van der Waals surface area contributed by atoms with E-state index in [1.54, 1.807) is 25.1 Å². The zero-order valence-electron chi connectivity index (χ0n) is 15.0. The lowest BCUT2D eigenvalue weighted by Crippen LogP contribution is -2.06. The quantitative estimate of drug-likeness (QED) is 0.435. The molecule has 1 N–H and O–H groups in total. The Morgan fingerprint density at radius 3 is 2.69 bits per heavy atom. The third-order valence-electron chi connectivity index (χ3n) is 4.51. The number of imidazole rings is 1. The van der Waals surface area contributed by atoms with Gasteiger partial charge < -0.3 is 9.51 Å². The highest BCUT2D eigenvalue weighted by molar-refractivity contribution is 6.31. The molecule has 4 rings (SSSR count). The van der Waals surface area contributed by atoms with E-state index in [4.69, 9.17) is 16.1 Å². The van der Waals surface area contributed by atoms with Crippen LogP contribution in [0.2, 0.25) is 5.02 Å². The molecule has 5 nitrogen and oxygen atoms in total. The van der Waals surface area contributed by atoms with Crippen LogP contribution in [-0.2, 0) is 12.6 Å². The van der Waals surface area contributed by atoms with Crippen LogP contribution in [0.15, 0.2) is 47.1 Å². The van der Waals surface area contributed by atoms with E-state index in [1.807, 2.05) is 0 Å². The standard InChI is InChI=1S/C20H13ClF3N3O2/c1-10-13(9-25-29-10)18(28)7-11-2-5-16-17(6-11)27-19(26-16)12-3-4-15(21)14(8-12)20(22,23)24/h2-6,8-9H,7H2,1H3,(H,26,27). The number of rotatable bonds is 4. The molecule has 0 bridgehead atoms. The number of carbonyl (C=O) groups excluding carboxylic acids is 1. The Morgan fingerprint density at radius 2 is 2.00 bits per heavy atom. The van der Waals surface area contributed by atoms with Crippen molar-refractivity contribution in [3.63, 3.8) is 0 Å². The lowest BCUT2D eigenvalue weighted by Gasteiger charge is -2.09. The van der Waals surface area contributed by atoms with Crippen molar-refractivity contribution in [2.24, 2.45) is 0 Å². The smallest absolute Gasteiger partial charge is 0.361 e. The Labute approximate surface area is 167 Å². The molecule has 9 heteroatoms. The SMILES string of the molecule is Cc1oncc1C(=O)Cc1ccc2nc(-c3ccc(Cl)c(C(F)(F)F)c3)[nH]c2c1. The van der Waals surface area contributed by atoms with Gasteiger partial charge in [0.1, 0.15) is 11.6 Å². The molecule has 0 aliphatic carbocycles. The van der Waals surface area contributed by atoms with Crippen molar-refractivity contribution >= 4 is 28.4 Å². The number of aryl methyl sites for hydroxylation is 1. The molecule has 0 saturated heterocycles. The van der Waals surface area contributed by atoms with Gasteiger partial charge in [0.15, 0.2) is 5.78 Å². The number of nitrogens with one attached hydrogen (secondary N) is 1. The predicted octanol–water partition coefficient (Wildman–Crippen LogP) is 5.62. The maximum absolute atomic E-state index is 13.1. The number of fused-ring (bicyclic) bond motifs is 1. The average molecular weight is 420 g/mol. The summed E-state index contributed by atoms with van der Waals surface area (Å²) in [7, 11) is 0. The largest absolute Gasteiger partial charge is 0.417 e. The molecule has 0 unspecified atom stereocenters. The molecule has 0 atom stereocenters. The maximum Gasteiger partial charge on any atom is 0.417 e. The van der Waals surface area contributed by atoms with Crippen molar-refractivity contribution in [3.05, 3.63) is 70.1 Å². The molecule has 2 aromatic heterocycles. The summed E-state index contributed by atoms with van der Waals surface area (Å²) in [5, 5.41) is 3.23. The van der Waals surface area contributed by atoms with Crippen LogP contribution < -0.4 is 0 Å². The third kappa shape index (κ3) is 3.75. The van der Waals surface area contributed by atoms with Crippen LogP contribution in [0.1, 0.15) is 27.2 Å². The fraction of sp³-hybridized carbons (Fsp3) is 0.150. The summed E-state index contributed by atoms with van der Waals surface area (Å²) < 4.78 is 44.2. The maximum atomic E-state index is 13.1. The van der Waals surface area contributed by atoms with Crippen molar-refractivity contribution in [2.75, 3.05) is 0 Å². The Balaban J connectivity index is 1.66. The van der Waals surface area contributed by atoms with Crippen LogP contribution in [0.4, 0.5) is 13.2 Å². The number of hydrogen-bond acceptors (Lipinski definition) is 4. The first-order chi connectivity index (χ1) is 13.7. The fourth-order valence-electron chi connectivity index (χ4n) is 3.04. The Morgan fingerprint density at radius 1 is 1.21 bits per heavy atom. The fourth-order valence-corrected chi connectivity index (χ4v) is 3.27. The van der Waals surface area contributed by atoms with Crippen molar-refractivity contribution in [3.8, 4) is 11.4 Å². The molecule has 0 amide bonds. The van der Waals surface area contributed by atoms with E-state index < -0.39 is 11.7 Å². The highest BCUT2D eigenvalue weighted by Gasteiger charge is 2.33. The number of H-pyrrole nitrogens is 1. The van der Waals surface area contributed by atoms with E-state index in [2.05, 4.69) is 15.1 Å². The first kappa shape index (κ1) is 19.2. The summed E-state index contributed by atoms with van der Waals surface area (Å²) in [6.07, 6.45) is -3.05. The van der Waals surface area contributed by atoms with Gasteiger partial charge >= 0.3 is 6.18 Å². The minimum Gasteiger partial charge on any atom is -0.361 e. The van der Waals surface area contributed by atoms with Crippen molar-refractivity contribution in [1.29, 1.82) is 0 Å². The number of ketones is 1. The Kier molecular flexibility index (Phi) is 4.66. The van der Waals surface area contributed by atoms with E-state index in [-0.39, 0.29) is 28.6 Å². The number of carbonyl (C=O) groups is 1. The molecule has 2 aromatic carbocycles. The van der Waals surface area contributed by atoms with Crippen LogP contribution >= 0.6 is 11.6 Å². The summed E-state index contributed by atoms with van der Waals surface area (Å²) in [6.45, 7) is 1.66. The molecule has 0 aliphatic heterocycles. The van der Waals surface area contributed by atoms with Gasteiger partial charge in [0, 0.05) is 12.0 Å². The van der Waals surface area contributed by atoms with E-state index in [0.717, 1.165) is 11.6 Å². The van der Waals surface area contributed by atoms with Crippen LogP contribution in [-0.4, -0.2) is 20.9 Å². The minimum absolute atomic E-state index is 0.130. The topological polar surface area (TPSA) is 71.8 Å². The Bertz CT molecular complexity index is 1230. The zero-order valence-corrected chi connectivity index (χ0v) is 15.7. The second-order valence-corrected chi connectivity index (χ2v) is 6.93. The number of nitrogens with zero attached hydrogens (tertiary/aromatic N) is 2. The van der Waals surface area contributed by atoms with E-state index in [9.17, 15) is 18.0 Å². The van der Waals surface area contributed by atoms with Crippen LogP contribution in [0.25, 0.3) is 22.4 Å². The zero-order chi connectivity index (χ0) is 20.8. The first-order valence-electron chi connectivity index (χ1n) is 8.52. The number of alkyl halides is 3. The molecule has 0 spiro atoms. The summed E-state index contributed by atoms with van der Waals surface area (Å²) in [5.74, 6) is 0.582. The first-order valence-corrected chi connectivity index (χ1v) is 8.90. The molecule has 0 radical (unpaired) electrons. The van der Waals surface area contributed by atoms with Gasteiger partial charge in [-0.1, -0.05) is 22.8 Å². The number of aromatic amines is 1. The van der Waals surface area contributed by atoms with E-state index >= 15 is 0 Å². The summed E-state index contributed by atoms with van der Waals surface area (Å²) >= 11 is 5.68. The third-order valence-corrected chi connectivity index (χ3v) is 4.84. The monoisotopic (exact) mass is 419 g/mol. The minimum atomic E-state index is -4.56. The number of halogens is 4. The number of Topliss-reactive ketones (excluding diaryl/α,β-unsaturated/α-hetero) is 1. The second-order valence-electron chi connectivity index (χ2n) is 6.52. The highest BCUT2D eigenvalue weighted by atomic mass is 35.5. The molecule has 148 valence electrons. The molecule has 29 heavy (non-hydrogen) atoms. The van der Waals surface area contributed by atoms with Gasteiger partial charge in [0.2, 0.25) is 0 Å². The number of aromatic nitrogens is 3. The molecule has 0 aliphatic rings. The molecular formula is C20H13ClF3N3O2. The van der Waals surface area contributed by atoms with Gasteiger partial charge in [0.05, 0.1) is 33.4 Å². The number of benzene rings is 2.